The van der Waals surface area contributed by atoms with Crippen molar-refractivity contribution in [3.05, 3.63) is 24.3 Å². The third-order valence-electron chi connectivity index (χ3n) is 5.75. The van der Waals surface area contributed by atoms with Gasteiger partial charge in [0.15, 0.2) is 18.2 Å². The van der Waals surface area contributed by atoms with Gasteiger partial charge in [-0.1, -0.05) is 12.1 Å². The van der Waals surface area contributed by atoms with Gasteiger partial charge in [-0.25, -0.2) is 14.8 Å². The summed E-state index contributed by atoms with van der Waals surface area (Å²) in [5.74, 6) is 0.698. The number of fused-ring (bicyclic) bond motifs is 2. The molecule has 2 aliphatic rings. The molecule has 2 aromatic rings. The SMILES string of the molecule is CN1CCCN(C(=O)C2CCN(C(=O)OCC(F)(F)F)CC2)c2nc3ccccc3nc21. The molecule has 3 heterocycles. The Balaban J connectivity index is 1.48. The monoisotopic (exact) mass is 451 g/mol. The molecule has 1 aromatic carbocycles. The molecular formula is C21H24F3N5O3. The minimum atomic E-state index is -4.57. The van der Waals surface area contributed by atoms with Crippen LogP contribution in [0.25, 0.3) is 11.0 Å². The number of alkyl halides is 3. The second-order valence-electron chi connectivity index (χ2n) is 8.06. The number of likely N-dealkylation sites (tertiary alicyclic amines) is 1. The molecule has 0 aliphatic carbocycles. The van der Waals surface area contributed by atoms with E-state index in [1.807, 2.05) is 36.2 Å². The molecule has 0 spiro atoms. The number of ether oxygens (including phenoxy) is 1. The van der Waals surface area contributed by atoms with Crippen LogP contribution >= 0.6 is 0 Å². The van der Waals surface area contributed by atoms with Crippen molar-refractivity contribution in [1.82, 2.24) is 14.9 Å². The number of hydrogen-bond acceptors (Lipinski definition) is 6. The van der Waals surface area contributed by atoms with E-state index in [0.29, 0.717) is 36.5 Å². The third-order valence-corrected chi connectivity index (χ3v) is 5.75. The largest absolute Gasteiger partial charge is 0.440 e. The maximum Gasteiger partial charge on any atom is 0.422 e. The number of anilines is 2. The first kappa shape index (κ1) is 22.1. The molecule has 2 aliphatic heterocycles. The van der Waals surface area contributed by atoms with Gasteiger partial charge in [-0.05, 0) is 31.4 Å². The molecule has 2 amide bonds. The quantitative estimate of drug-likeness (QED) is 0.698. The number of carbonyl (C=O) groups is 2. The summed E-state index contributed by atoms with van der Waals surface area (Å²) in [7, 11) is 1.92. The van der Waals surface area contributed by atoms with Crippen molar-refractivity contribution >= 4 is 34.7 Å². The lowest BCUT2D eigenvalue weighted by Gasteiger charge is -2.33. The molecule has 11 heteroatoms. The van der Waals surface area contributed by atoms with Gasteiger partial charge in [0, 0.05) is 39.1 Å². The van der Waals surface area contributed by atoms with Crippen LogP contribution in [0.2, 0.25) is 0 Å². The van der Waals surface area contributed by atoms with Crippen LogP contribution in [0.3, 0.4) is 0 Å². The second kappa shape index (κ2) is 8.79. The first-order valence-corrected chi connectivity index (χ1v) is 10.5. The van der Waals surface area contributed by atoms with Gasteiger partial charge in [0.25, 0.3) is 0 Å². The summed E-state index contributed by atoms with van der Waals surface area (Å²) < 4.78 is 41.1. The molecule has 8 nitrogen and oxygen atoms in total. The van der Waals surface area contributed by atoms with Gasteiger partial charge < -0.3 is 14.5 Å². The Bertz CT molecular complexity index is 1010. The van der Waals surface area contributed by atoms with E-state index < -0.39 is 18.9 Å². The lowest BCUT2D eigenvalue weighted by Crippen LogP contribution is -2.45. The van der Waals surface area contributed by atoms with Crippen molar-refractivity contribution in [2.75, 3.05) is 49.6 Å². The maximum absolute atomic E-state index is 13.4. The van der Waals surface area contributed by atoms with Crippen molar-refractivity contribution in [3.8, 4) is 0 Å². The number of piperidine rings is 1. The zero-order valence-electron chi connectivity index (χ0n) is 17.6. The molecule has 4 rings (SSSR count). The van der Waals surface area contributed by atoms with Crippen LogP contribution < -0.4 is 9.80 Å². The highest BCUT2D eigenvalue weighted by molar-refractivity contribution is 5.98. The van der Waals surface area contributed by atoms with Gasteiger partial charge in [-0.2, -0.15) is 13.2 Å². The van der Waals surface area contributed by atoms with E-state index in [4.69, 9.17) is 9.97 Å². The number of para-hydroxylation sites is 2. The lowest BCUT2D eigenvalue weighted by atomic mass is 9.95. The van der Waals surface area contributed by atoms with E-state index in [1.165, 1.54) is 4.90 Å². The molecular weight excluding hydrogens is 427 g/mol. The molecule has 0 unspecified atom stereocenters. The number of halogens is 3. The standard InChI is InChI=1S/C21H24F3N5O3/c1-27-9-4-10-29(18-17(27)25-15-5-2-3-6-16(15)26-18)19(30)14-7-11-28(12-8-14)20(31)32-13-21(22,23)24/h2-3,5-6,14H,4,7-13H2,1H3. The zero-order chi connectivity index (χ0) is 22.9. The predicted molar refractivity (Wildman–Crippen MR) is 111 cm³/mol. The van der Waals surface area contributed by atoms with E-state index in [2.05, 4.69) is 4.74 Å². The minimum absolute atomic E-state index is 0.102. The number of hydrogen-bond donors (Lipinski definition) is 0. The Morgan fingerprint density at radius 2 is 1.66 bits per heavy atom. The molecule has 1 aromatic heterocycles. The average molecular weight is 451 g/mol. The highest BCUT2D eigenvalue weighted by Gasteiger charge is 2.36. The van der Waals surface area contributed by atoms with E-state index in [1.54, 1.807) is 4.90 Å². The second-order valence-corrected chi connectivity index (χ2v) is 8.06. The number of benzene rings is 1. The number of carbonyl (C=O) groups excluding carboxylic acids is 2. The third kappa shape index (κ3) is 4.71. The average Bonchev–Trinajstić information content (AvgIpc) is 2.93. The summed E-state index contributed by atoms with van der Waals surface area (Å²) >= 11 is 0. The Kier molecular flexibility index (Phi) is 6.07. The van der Waals surface area contributed by atoms with Crippen LogP contribution in [0.15, 0.2) is 24.3 Å². The summed E-state index contributed by atoms with van der Waals surface area (Å²) in [5, 5.41) is 0. The van der Waals surface area contributed by atoms with Crippen molar-refractivity contribution in [1.29, 1.82) is 0 Å². The number of nitrogens with zero attached hydrogens (tertiary/aromatic N) is 5. The minimum Gasteiger partial charge on any atom is -0.440 e. The van der Waals surface area contributed by atoms with E-state index >= 15 is 0 Å². The summed E-state index contributed by atoms with van der Waals surface area (Å²) in [6.07, 6.45) is -4.13. The first-order chi connectivity index (χ1) is 15.2. The topological polar surface area (TPSA) is 78.9 Å². The number of amides is 2. The molecule has 32 heavy (non-hydrogen) atoms. The molecule has 0 bridgehead atoms. The molecule has 0 saturated carbocycles. The van der Waals surface area contributed by atoms with Gasteiger partial charge in [0.05, 0.1) is 11.0 Å². The summed E-state index contributed by atoms with van der Waals surface area (Å²) in [6.45, 7) is -0.0616. The Morgan fingerprint density at radius 1 is 1.03 bits per heavy atom. The van der Waals surface area contributed by atoms with Crippen molar-refractivity contribution in [2.24, 2.45) is 5.92 Å². The summed E-state index contributed by atoms with van der Waals surface area (Å²) in [6, 6.07) is 7.47. The molecule has 0 N–H and O–H groups in total. The van der Waals surface area contributed by atoms with Crippen LogP contribution in [0.1, 0.15) is 19.3 Å². The molecule has 1 saturated heterocycles. The van der Waals surface area contributed by atoms with Crippen molar-refractivity contribution < 1.29 is 27.5 Å². The van der Waals surface area contributed by atoms with Crippen LogP contribution in [0.5, 0.6) is 0 Å². The van der Waals surface area contributed by atoms with Gasteiger partial charge >= 0.3 is 12.3 Å². The van der Waals surface area contributed by atoms with Gasteiger partial charge in [0.2, 0.25) is 5.91 Å². The molecule has 1 fully saturated rings. The fourth-order valence-corrected chi connectivity index (χ4v) is 4.08. The Morgan fingerprint density at radius 3 is 2.28 bits per heavy atom. The van der Waals surface area contributed by atoms with Gasteiger partial charge in [-0.3, -0.25) is 9.69 Å². The fourth-order valence-electron chi connectivity index (χ4n) is 4.08. The zero-order valence-corrected chi connectivity index (χ0v) is 17.6. The maximum atomic E-state index is 13.4. The van der Waals surface area contributed by atoms with Gasteiger partial charge in [-0.15, -0.1) is 0 Å². The van der Waals surface area contributed by atoms with Crippen LogP contribution in [-0.4, -0.2) is 72.9 Å². The van der Waals surface area contributed by atoms with Crippen LogP contribution in [0, 0.1) is 5.92 Å². The highest BCUT2D eigenvalue weighted by atomic mass is 19.4. The Labute approximate surface area is 182 Å². The van der Waals surface area contributed by atoms with Crippen LogP contribution in [0.4, 0.5) is 29.6 Å². The number of aromatic nitrogens is 2. The summed E-state index contributed by atoms with van der Waals surface area (Å²) in [5.41, 5.74) is 1.44. The predicted octanol–water partition coefficient (Wildman–Crippen LogP) is 3.21. The summed E-state index contributed by atoms with van der Waals surface area (Å²) in [4.78, 5) is 39.6. The molecule has 0 atom stereocenters. The lowest BCUT2D eigenvalue weighted by molar-refractivity contribution is -0.162. The van der Waals surface area contributed by atoms with Crippen molar-refractivity contribution in [2.45, 2.75) is 25.4 Å². The fraction of sp³-hybridized carbons (Fsp3) is 0.524. The first-order valence-electron chi connectivity index (χ1n) is 10.5. The number of rotatable bonds is 2. The van der Waals surface area contributed by atoms with Gasteiger partial charge in [0.1, 0.15) is 0 Å². The van der Waals surface area contributed by atoms with E-state index in [9.17, 15) is 22.8 Å². The highest BCUT2D eigenvalue weighted by Crippen LogP contribution is 2.32. The van der Waals surface area contributed by atoms with Crippen molar-refractivity contribution in [3.63, 3.8) is 0 Å². The molecule has 172 valence electrons. The smallest absolute Gasteiger partial charge is 0.422 e. The van der Waals surface area contributed by atoms with E-state index in [0.717, 1.165) is 18.5 Å². The van der Waals surface area contributed by atoms with E-state index in [-0.39, 0.29) is 24.9 Å². The normalized spacial score (nSPS) is 17.8. The van der Waals surface area contributed by atoms with Crippen LogP contribution in [-0.2, 0) is 9.53 Å². The molecule has 0 radical (unpaired) electrons. The Hall–Kier alpha value is -3.11.